The predicted molar refractivity (Wildman–Crippen MR) is 141 cm³/mol. The molecule has 0 radical (unpaired) electrons. The zero-order valence-corrected chi connectivity index (χ0v) is 21.7. The number of H-pyrrole nitrogens is 1. The number of nitrogens with one attached hydrogen (secondary N) is 3. The topological polar surface area (TPSA) is 118 Å². The molecule has 3 N–H and O–H groups in total. The van der Waals surface area contributed by atoms with Gasteiger partial charge < -0.3 is 25.3 Å². The molecule has 5 heterocycles. The van der Waals surface area contributed by atoms with Gasteiger partial charge in [-0.15, -0.1) is 0 Å². The van der Waals surface area contributed by atoms with Gasteiger partial charge in [-0.25, -0.2) is 19.7 Å². The van der Waals surface area contributed by atoms with Crippen LogP contribution in [0.2, 0.25) is 0 Å². The zero-order chi connectivity index (χ0) is 25.4. The summed E-state index contributed by atoms with van der Waals surface area (Å²) >= 11 is 0. The van der Waals surface area contributed by atoms with E-state index in [2.05, 4.69) is 68.5 Å². The Morgan fingerprint density at radius 1 is 1.08 bits per heavy atom. The lowest BCUT2D eigenvalue weighted by Gasteiger charge is -2.44. The molecule has 0 spiro atoms. The monoisotopic (exact) mass is 492 g/mol. The summed E-state index contributed by atoms with van der Waals surface area (Å²) in [6.45, 7) is 14.4. The maximum atomic E-state index is 12.6. The lowest BCUT2D eigenvalue weighted by atomic mass is 10.1. The van der Waals surface area contributed by atoms with Gasteiger partial charge in [0.2, 0.25) is 5.95 Å². The average molecular weight is 493 g/mol. The number of pyridine rings is 1. The number of amides is 2. The third kappa shape index (κ3) is 4.79. The Balaban J connectivity index is 1.37. The SMILES string of the molecule is CC(C)NC(=O)N1C[C@@H](C)N(c2ncc3[nH]nc(-c4ccc(N5CCN[C@H](C)C5)nc4)c3n2)[C@@H](C)C1. The zero-order valence-electron chi connectivity index (χ0n) is 21.7. The molecule has 0 bridgehead atoms. The summed E-state index contributed by atoms with van der Waals surface area (Å²) in [7, 11) is 0. The molecular weight excluding hydrogens is 456 g/mol. The highest BCUT2D eigenvalue weighted by Gasteiger charge is 2.34. The average Bonchev–Trinajstić information content (AvgIpc) is 3.27. The van der Waals surface area contributed by atoms with Crippen molar-refractivity contribution in [3.8, 4) is 11.3 Å². The van der Waals surface area contributed by atoms with E-state index in [0.29, 0.717) is 25.1 Å². The van der Waals surface area contributed by atoms with Crippen molar-refractivity contribution in [3.05, 3.63) is 24.5 Å². The normalized spacial score (nSPS) is 22.9. The van der Waals surface area contributed by atoms with E-state index in [1.807, 2.05) is 24.9 Å². The number of carbonyl (C=O) groups excluding carboxylic acids is 1. The molecule has 192 valence electrons. The molecule has 5 rings (SSSR count). The summed E-state index contributed by atoms with van der Waals surface area (Å²) < 4.78 is 0. The number of fused-ring (bicyclic) bond motifs is 1. The number of piperazine rings is 2. The van der Waals surface area contributed by atoms with E-state index >= 15 is 0 Å². The molecule has 2 fully saturated rings. The quantitative estimate of drug-likeness (QED) is 0.508. The van der Waals surface area contributed by atoms with Gasteiger partial charge in [0.15, 0.2) is 0 Å². The Hall–Kier alpha value is -3.47. The van der Waals surface area contributed by atoms with Gasteiger partial charge in [0.05, 0.1) is 6.20 Å². The number of hydrogen-bond donors (Lipinski definition) is 3. The van der Waals surface area contributed by atoms with Crippen LogP contribution in [0.15, 0.2) is 24.5 Å². The highest BCUT2D eigenvalue weighted by atomic mass is 16.2. The summed E-state index contributed by atoms with van der Waals surface area (Å²) in [4.78, 5) is 33.2. The minimum Gasteiger partial charge on any atom is -0.354 e. The fraction of sp³-hybridized carbons (Fsp3) is 0.560. The van der Waals surface area contributed by atoms with Gasteiger partial charge in [-0.3, -0.25) is 5.10 Å². The van der Waals surface area contributed by atoms with Crippen LogP contribution in [0.1, 0.15) is 34.6 Å². The first-order valence-corrected chi connectivity index (χ1v) is 12.8. The molecule has 2 saturated heterocycles. The molecule has 2 aliphatic rings. The molecule has 3 atom stereocenters. The van der Waals surface area contributed by atoms with Gasteiger partial charge in [0.25, 0.3) is 0 Å². The first-order chi connectivity index (χ1) is 17.3. The number of rotatable bonds is 4. The van der Waals surface area contributed by atoms with E-state index in [0.717, 1.165) is 47.7 Å². The van der Waals surface area contributed by atoms with Crippen molar-refractivity contribution >= 4 is 28.8 Å². The molecule has 11 nitrogen and oxygen atoms in total. The van der Waals surface area contributed by atoms with Gasteiger partial charge in [-0.2, -0.15) is 5.10 Å². The fourth-order valence-corrected chi connectivity index (χ4v) is 5.20. The second-order valence-electron chi connectivity index (χ2n) is 10.3. The first kappa shape index (κ1) is 24.2. The predicted octanol–water partition coefficient (Wildman–Crippen LogP) is 2.23. The van der Waals surface area contributed by atoms with Crippen LogP contribution in [0.4, 0.5) is 16.6 Å². The minimum atomic E-state index is -0.0249. The number of nitrogens with zero attached hydrogens (tertiary/aromatic N) is 7. The molecule has 3 aromatic rings. The number of urea groups is 1. The fourth-order valence-electron chi connectivity index (χ4n) is 5.20. The number of anilines is 2. The van der Waals surface area contributed by atoms with E-state index in [-0.39, 0.29) is 24.2 Å². The number of hydrogen-bond acceptors (Lipinski definition) is 8. The van der Waals surface area contributed by atoms with Gasteiger partial charge >= 0.3 is 6.03 Å². The molecule has 3 aromatic heterocycles. The summed E-state index contributed by atoms with van der Waals surface area (Å²) in [6.07, 6.45) is 3.66. The Labute approximate surface area is 211 Å². The molecule has 2 amide bonds. The second kappa shape index (κ2) is 9.88. The van der Waals surface area contributed by atoms with Crippen LogP contribution >= 0.6 is 0 Å². The molecule has 0 saturated carbocycles. The first-order valence-electron chi connectivity index (χ1n) is 12.8. The van der Waals surface area contributed by atoms with Crippen LogP contribution in [0.3, 0.4) is 0 Å². The summed E-state index contributed by atoms with van der Waals surface area (Å²) in [5, 5.41) is 14.1. The van der Waals surface area contributed by atoms with Crippen molar-refractivity contribution in [1.29, 1.82) is 0 Å². The van der Waals surface area contributed by atoms with Crippen LogP contribution in [-0.4, -0.2) is 93.0 Å². The van der Waals surface area contributed by atoms with Gasteiger partial charge in [0, 0.05) is 68.7 Å². The Kier molecular flexibility index (Phi) is 6.65. The van der Waals surface area contributed by atoms with Crippen molar-refractivity contribution in [3.63, 3.8) is 0 Å². The van der Waals surface area contributed by atoms with Crippen LogP contribution in [0.5, 0.6) is 0 Å². The number of aromatic nitrogens is 5. The van der Waals surface area contributed by atoms with Crippen LogP contribution < -0.4 is 20.4 Å². The van der Waals surface area contributed by atoms with Gasteiger partial charge in [-0.05, 0) is 46.8 Å². The third-order valence-electron chi connectivity index (χ3n) is 6.85. The van der Waals surface area contributed by atoms with E-state index in [9.17, 15) is 4.79 Å². The maximum Gasteiger partial charge on any atom is 0.317 e. The molecule has 2 aliphatic heterocycles. The summed E-state index contributed by atoms with van der Waals surface area (Å²) in [5.74, 6) is 1.62. The van der Waals surface area contributed by atoms with Crippen LogP contribution in [0, 0.1) is 0 Å². The molecule has 0 aliphatic carbocycles. The largest absolute Gasteiger partial charge is 0.354 e. The Bertz CT molecular complexity index is 1200. The van der Waals surface area contributed by atoms with Crippen LogP contribution in [0.25, 0.3) is 22.3 Å². The molecular formula is C25H36N10O. The van der Waals surface area contributed by atoms with Crippen molar-refractivity contribution in [2.24, 2.45) is 0 Å². The van der Waals surface area contributed by atoms with Crippen molar-refractivity contribution in [2.45, 2.75) is 58.8 Å². The highest BCUT2D eigenvalue weighted by Crippen LogP contribution is 2.29. The van der Waals surface area contributed by atoms with Crippen molar-refractivity contribution in [1.82, 2.24) is 40.7 Å². The maximum absolute atomic E-state index is 12.6. The molecule has 11 heteroatoms. The van der Waals surface area contributed by atoms with E-state index in [1.54, 1.807) is 6.20 Å². The Morgan fingerprint density at radius 2 is 1.86 bits per heavy atom. The van der Waals surface area contributed by atoms with Crippen molar-refractivity contribution in [2.75, 3.05) is 42.5 Å². The highest BCUT2D eigenvalue weighted by molar-refractivity contribution is 5.89. The van der Waals surface area contributed by atoms with E-state index in [4.69, 9.17) is 9.97 Å². The van der Waals surface area contributed by atoms with Crippen molar-refractivity contribution < 1.29 is 4.79 Å². The molecule has 36 heavy (non-hydrogen) atoms. The number of aromatic amines is 1. The Morgan fingerprint density at radius 3 is 2.53 bits per heavy atom. The van der Waals surface area contributed by atoms with Crippen LogP contribution in [-0.2, 0) is 0 Å². The van der Waals surface area contributed by atoms with Gasteiger partial charge in [0.1, 0.15) is 22.5 Å². The van der Waals surface area contributed by atoms with E-state index < -0.39 is 0 Å². The lowest BCUT2D eigenvalue weighted by Crippen LogP contribution is -2.60. The molecule has 0 unspecified atom stereocenters. The third-order valence-corrected chi connectivity index (χ3v) is 6.85. The lowest BCUT2D eigenvalue weighted by molar-refractivity contribution is 0.173. The summed E-state index contributed by atoms with van der Waals surface area (Å²) in [6, 6.07) is 4.79. The smallest absolute Gasteiger partial charge is 0.317 e. The van der Waals surface area contributed by atoms with E-state index in [1.165, 1.54) is 0 Å². The standard InChI is InChI=1S/C25H36N10O/c1-15(2)29-25(36)34-13-17(4)35(18(5)14-34)24-28-11-20-23(30-24)22(32-31-20)19-6-7-21(27-10-19)33-9-8-26-16(3)12-33/h6-7,10-11,15-18,26H,8-9,12-14H2,1-5H3,(H,29,36)(H,31,32)/t16-,17-,18+/m1/s1. The molecule has 0 aromatic carbocycles. The minimum absolute atomic E-state index is 0.0249. The second-order valence-corrected chi connectivity index (χ2v) is 10.3. The van der Waals surface area contributed by atoms with Gasteiger partial charge in [-0.1, -0.05) is 0 Å². The number of carbonyl (C=O) groups is 1. The summed E-state index contributed by atoms with van der Waals surface area (Å²) in [5.41, 5.74) is 3.22.